The molecule has 0 radical (unpaired) electrons. The van der Waals surface area contributed by atoms with E-state index < -0.39 is 10.3 Å². The molecule has 0 N–H and O–H groups in total. The number of rotatable bonds is 7. The molecule has 0 aliphatic carbocycles. The third-order valence-electron chi connectivity index (χ3n) is 4.18. The van der Waals surface area contributed by atoms with Crippen LogP contribution in [0.2, 0.25) is 0 Å². The van der Waals surface area contributed by atoms with Gasteiger partial charge in [-0.2, -0.15) is 0 Å². The minimum atomic E-state index is -2.19. The number of benzene rings is 3. The van der Waals surface area contributed by atoms with Gasteiger partial charge in [0.05, 0.1) is 6.10 Å². The molecule has 146 valence electrons. The van der Waals surface area contributed by atoms with Gasteiger partial charge in [0.1, 0.15) is 5.75 Å². The minimum Gasteiger partial charge on any atom is -0.491 e. The lowest BCUT2D eigenvalue weighted by Crippen LogP contribution is -2.13. The lowest BCUT2D eigenvalue weighted by atomic mass is 10.3. The lowest BCUT2D eigenvalue weighted by Gasteiger charge is -2.39. The Morgan fingerprint density at radius 2 is 1.25 bits per heavy atom. The number of carbonyl (C=O) groups is 1. The van der Waals surface area contributed by atoms with Gasteiger partial charge in [-0.15, -0.1) is 0 Å². The highest BCUT2D eigenvalue weighted by Crippen LogP contribution is 2.69. The van der Waals surface area contributed by atoms with Crippen LogP contribution in [0.3, 0.4) is 0 Å². The van der Waals surface area contributed by atoms with Crippen molar-refractivity contribution in [1.82, 2.24) is 0 Å². The van der Waals surface area contributed by atoms with Crippen molar-refractivity contribution in [3.05, 3.63) is 84.9 Å². The summed E-state index contributed by atoms with van der Waals surface area (Å²) in [4.78, 5) is 15.5. The van der Waals surface area contributed by atoms with Gasteiger partial charge in [-0.25, -0.2) is 0 Å². The van der Waals surface area contributed by atoms with Gasteiger partial charge in [-0.1, -0.05) is 43.3 Å². The molecular weight excluding hydrogens is 368 g/mol. The molecule has 0 aromatic heterocycles. The average molecular weight is 395 g/mol. The van der Waals surface area contributed by atoms with E-state index in [4.69, 9.17) is 8.92 Å². The van der Waals surface area contributed by atoms with Crippen LogP contribution >= 0.6 is 10.3 Å². The molecular formula is C24H26O3S. The SMILES string of the molecule is CCC(=O)OS(c1ccccc1)(c1ccccc1)c1ccc(OC(C)C)cc1. The van der Waals surface area contributed by atoms with Gasteiger partial charge in [0.15, 0.2) is 0 Å². The van der Waals surface area contributed by atoms with Gasteiger partial charge in [0, 0.05) is 21.1 Å². The molecule has 4 heteroatoms. The van der Waals surface area contributed by atoms with Crippen molar-refractivity contribution in [3.63, 3.8) is 0 Å². The smallest absolute Gasteiger partial charge is 0.316 e. The Labute approximate surface area is 168 Å². The summed E-state index contributed by atoms with van der Waals surface area (Å²) < 4.78 is 12.1. The third-order valence-corrected chi connectivity index (χ3v) is 7.43. The van der Waals surface area contributed by atoms with Crippen LogP contribution in [-0.4, -0.2) is 12.1 Å². The van der Waals surface area contributed by atoms with E-state index in [0.29, 0.717) is 6.42 Å². The Kier molecular flexibility index (Phi) is 6.42. The summed E-state index contributed by atoms with van der Waals surface area (Å²) in [5, 5.41) is 0. The maximum absolute atomic E-state index is 12.5. The van der Waals surface area contributed by atoms with Gasteiger partial charge in [0.2, 0.25) is 0 Å². The first-order chi connectivity index (χ1) is 13.6. The molecule has 0 fully saturated rings. The van der Waals surface area contributed by atoms with E-state index in [1.807, 2.05) is 106 Å². The van der Waals surface area contributed by atoms with Crippen LogP contribution in [0.1, 0.15) is 27.2 Å². The molecule has 0 heterocycles. The summed E-state index contributed by atoms with van der Waals surface area (Å²) in [6.45, 7) is 5.82. The summed E-state index contributed by atoms with van der Waals surface area (Å²) in [6, 6.07) is 27.9. The second-order valence-electron chi connectivity index (χ2n) is 6.63. The zero-order chi connectivity index (χ0) is 20.0. The van der Waals surface area contributed by atoms with Crippen molar-refractivity contribution >= 4 is 16.3 Å². The van der Waals surface area contributed by atoms with Crippen LogP contribution in [0.4, 0.5) is 0 Å². The summed E-state index contributed by atoms with van der Waals surface area (Å²) in [5.41, 5.74) is 0. The molecule has 0 amide bonds. The topological polar surface area (TPSA) is 35.5 Å². The maximum atomic E-state index is 12.5. The Morgan fingerprint density at radius 3 is 1.68 bits per heavy atom. The largest absolute Gasteiger partial charge is 0.491 e. The highest BCUT2D eigenvalue weighted by molar-refractivity contribution is 8.30. The second kappa shape index (κ2) is 8.98. The van der Waals surface area contributed by atoms with Gasteiger partial charge >= 0.3 is 5.97 Å². The first-order valence-electron chi connectivity index (χ1n) is 9.49. The van der Waals surface area contributed by atoms with Crippen molar-refractivity contribution in [2.24, 2.45) is 0 Å². The van der Waals surface area contributed by atoms with Crippen LogP contribution in [0.5, 0.6) is 5.75 Å². The minimum absolute atomic E-state index is 0.101. The molecule has 28 heavy (non-hydrogen) atoms. The third kappa shape index (κ3) is 4.23. The van der Waals surface area contributed by atoms with Crippen molar-refractivity contribution in [1.29, 1.82) is 0 Å². The lowest BCUT2D eigenvalue weighted by molar-refractivity contribution is -0.133. The van der Waals surface area contributed by atoms with E-state index in [2.05, 4.69) is 0 Å². The average Bonchev–Trinajstić information content (AvgIpc) is 2.73. The van der Waals surface area contributed by atoms with E-state index in [9.17, 15) is 4.79 Å². The maximum Gasteiger partial charge on any atom is 0.316 e. The van der Waals surface area contributed by atoms with E-state index in [0.717, 1.165) is 20.4 Å². The predicted molar refractivity (Wildman–Crippen MR) is 114 cm³/mol. The molecule has 3 rings (SSSR count). The molecule has 3 nitrogen and oxygen atoms in total. The quantitative estimate of drug-likeness (QED) is 0.451. The second-order valence-corrected chi connectivity index (χ2v) is 9.32. The van der Waals surface area contributed by atoms with Crippen LogP contribution in [0.15, 0.2) is 99.6 Å². The highest BCUT2D eigenvalue weighted by atomic mass is 32.3. The number of hydrogen-bond acceptors (Lipinski definition) is 3. The molecule has 0 atom stereocenters. The molecule has 0 unspecified atom stereocenters. The predicted octanol–water partition coefficient (Wildman–Crippen LogP) is 6.62. The normalized spacial score (nSPS) is 11.9. The highest BCUT2D eigenvalue weighted by Gasteiger charge is 2.35. The monoisotopic (exact) mass is 394 g/mol. The summed E-state index contributed by atoms with van der Waals surface area (Å²) >= 11 is 0. The van der Waals surface area contributed by atoms with E-state index in [1.54, 1.807) is 0 Å². The van der Waals surface area contributed by atoms with Crippen molar-refractivity contribution in [2.75, 3.05) is 0 Å². The molecule has 0 spiro atoms. The number of carbonyl (C=O) groups excluding carboxylic acids is 1. The Balaban J connectivity index is 2.21. The molecule has 0 saturated heterocycles. The van der Waals surface area contributed by atoms with Gasteiger partial charge < -0.3 is 8.92 Å². The van der Waals surface area contributed by atoms with Gasteiger partial charge in [-0.3, -0.25) is 4.79 Å². The van der Waals surface area contributed by atoms with Crippen molar-refractivity contribution in [2.45, 2.75) is 48.0 Å². The van der Waals surface area contributed by atoms with E-state index >= 15 is 0 Å². The van der Waals surface area contributed by atoms with Crippen LogP contribution in [-0.2, 0) is 8.98 Å². The fourth-order valence-electron chi connectivity index (χ4n) is 2.96. The first-order valence-corrected chi connectivity index (χ1v) is 11.0. The van der Waals surface area contributed by atoms with E-state index in [-0.39, 0.29) is 12.1 Å². The van der Waals surface area contributed by atoms with Gasteiger partial charge in [-0.05, 0) is 72.7 Å². The fourth-order valence-corrected chi connectivity index (χ4v) is 6.06. The van der Waals surface area contributed by atoms with Crippen LogP contribution < -0.4 is 4.74 Å². The molecule has 0 aliphatic rings. The zero-order valence-electron chi connectivity index (χ0n) is 16.5. The molecule has 3 aromatic rings. The summed E-state index contributed by atoms with van der Waals surface area (Å²) in [5.74, 6) is 0.584. The Morgan fingerprint density at radius 1 is 0.786 bits per heavy atom. The standard InChI is InChI=1S/C24H26O3S/c1-4-24(25)27-28(21-11-7-5-8-12-21,22-13-9-6-10-14-22)23-17-15-20(16-18-23)26-19(2)3/h5-19H,4H2,1-3H3. The first kappa shape index (κ1) is 20.0. The van der Waals surface area contributed by atoms with Crippen LogP contribution in [0, 0.1) is 0 Å². The summed E-state index contributed by atoms with van der Waals surface area (Å²) in [6.07, 6.45) is 0.423. The van der Waals surface area contributed by atoms with E-state index in [1.165, 1.54) is 0 Å². The molecule has 0 bridgehead atoms. The Bertz CT molecular complexity index is 851. The summed E-state index contributed by atoms with van der Waals surface area (Å²) in [7, 11) is -2.19. The molecule has 0 aliphatic heterocycles. The van der Waals surface area contributed by atoms with Crippen molar-refractivity contribution in [3.8, 4) is 5.75 Å². The zero-order valence-corrected chi connectivity index (χ0v) is 17.3. The van der Waals surface area contributed by atoms with Gasteiger partial charge in [0.25, 0.3) is 0 Å². The Hall–Kier alpha value is -2.72. The van der Waals surface area contributed by atoms with Crippen molar-refractivity contribution < 1.29 is 13.7 Å². The molecule has 3 aromatic carbocycles. The van der Waals surface area contributed by atoms with Crippen LogP contribution in [0.25, 0.3) is 0 Å². The molecule has 0 saturated carbocycles. The fraction of sp³-hybridized carbons (Fsp3) is 0.208. The number of hydrogen-bond donors (Lipinski definition) is 0. The number of ether oxygens (including phenoxy) is 1.